The number of phosphoric ester groups is 1. The van der Waals surface area contributed by atoms with Gasteiger partial charge in [-0.2, -0.15) is 8.62 Å². The van der Waals surface area contributed by atoms with Crippen molar-refractivity contribution in [2.75, 3.05) is 6.61 Å². The highest BCUT2D eigenvalue weighted by atomic mass is 32.1. The molecule has 194 valence electrons. The number of ether oxygens (including phenoxy) is 1. The van der Waals surface area contributed by atoms with Crippen LogP contribution in [0.1, 0.15) is 6.23 Å². The average molecular weight is 576 g/mol. The summed E-state index contributed by atoms with van der Waals surface area (Å²) in [4.78, 5) is 50.7. The molecule has 7 N–H and O–H groups in total. The predicted molar refractivity (Wildman–Crippen MR) is 117 cm³/mol. The van der Waals surface area contributed by atoms with Crippen LogP contribution < -0.4 is 5.69 Å². The van der Waals surface area contributed by atoms with Gasteiger partial charge < -0.3 is 34.5 Å². The highest BCUT2D eigenvalue weighted by molar-refractivity contribution is 7.71. The SMILES string of the molecule is O=c1[nH]c(=S)c(-c2ccccc2)cn1[C@H]1O[C@@H](COP(=O)(O)OP(=O)(O)OP(=O)(O)O)C(O)C1O. The lowest BCUT2D eigenvalue weighted by atomic mass is 10.1. The third-order valence-electron chi connectivity index (χ3n) is 4.48. The van der Waals surface area contributed by atoms with Gasteiger partial charge in [-0.3, -0.25) is 14.1 Å². The van der Waals surface area contributed by atoms with Crippen LogP contribution in [0.25, 0.3) is 11.1 Å². The van der Waals surface area contributed by atoms with Gasteiger partial charge in [-0.1, -0.05) is 42.5 Å². The molecule has 1 aromatic heterocycles. The Hall–Kier alpha value is -1.39. The molecule has 20 heteroatoms. The standard InChI is InChI=1S/C15H19N2O14P3S/c18-11-10(7-28-33(24,25)31-34(26,27)30-32(21,22)23)29-14(12(11)19)17-6-9(13(35)16-15(17)20)8-4-2-1-3-5-8/h1-6,10-12,14,18-19H,7H2,(H,24,25)(H,26,27)(H,16,20,35)(H2,21,22,23)/t10-,11?,12?,14-/m0/s1. The number of hydrogen-bond acceptors (Lipinski definition) is 11. The topological polar surface area (TPSA) is 247 Å². The maximum absolute atomic E-state index is 12.5. The molecule has 1 aliphatic heterocycles. The van der Waals surface area contributed by atoms with Crippen molar-refractivity contribution < 1.29 is 61.4 Å². The van der Waals surface area contributed by atoms with Crippen molar-refractivity contribution in [2.24, 2.45) is 0 Å². The van der Waals surface area contributed by atoms with Gasteiger partial charge in [0.2, 0.25) is 0 Å². The second-order valence-corrected chi connectivity index (χ2v) is 11.8. The summed E-state index contributed by atoms with van der Waals surface area (Å²) in [6, 6.07) is 8.63. The van der Waals surface area contributed by atoms with Crippen LogP contribution in [0.5, 0.6) is 0 Å². The number of hydrogen-bond donors (Lipinski definition) is 7. The molecule has 0 spiro atoms. The number of nitrogens with zero attached hydrogens (tertiary/aromatic N) is 1. The Labute approximate surface area is 200 Å². The first-order chi connectivity index (χ1) is 16.1. The predicted octanol–water partition coefficient (Wildman–Crippen LogP) is 0.535. The maximum atomic E-state index is 12.5. The molecule has 1 aromatic carbocycles. The first-order valence-corrected chi connectivity index (χ1v) is 14.2. The first-order valence-electron chi connectivity index (χ1n) is 9.29. The number of benzene rings is 1. The average Bonchev–Trinajstić information content (AvgIpc) is 2.99. The minimum absolute atomic E-state index is 0.0923. The van der Waals surface area contributed by atoms with E-state index in [0.29, 0.717) is 11.1 Å². The molecule has 0 aliphatic carbocycles. The van der Waals surface area contributed by atoms with Crippen molar-refractivity contribution in [2.45, 2.75) is 24.5 Å². The van der Waals surface area contributed by atoms with Crippen LogP contribution in [-0.2, 0) is 31.6 Å². The fourth-order valence-corrected chi connectivity index (χ4v) is 6.35. The van der Waals surface area contributed by atoms with Gasteiger partial charge in [0.25, 0.3) is 0 Å². The normalized spacial score (nSPS) is 26.2. The summed E-state index contributed by atoms with van der Waals surface area (Å²) in [5.41, 5.74) is 0.210. The number of rotatable bonds is 9. The Balaban J connectivity index is 1.77. The molecule has 16 nitrogen and oxygen atoms in total. The molecule has 1 aliphatic rings. The zero-order valence-corrected chi connectivity index (χ0v) is 20.6. The molecule has 1 saturated heterocycles. The highest BCUT2D eigenvalue weighted by Gasteiger charge is 2.46. The Bertz CT molecular complexity index is 1330. The molecule has 3 rings (SSSR count). The van der Waals surface area contributed by atoms with Crippen LogP contribution in [0.4, 0.5) is 0 Å². The largest absolute Gasteiger partial charge is 0.490 e. The van der Waals surface area contributed by atoms with E-state index in [2.05, 4.69) is 18.1 Å². The van der Waals surface area contributed by atoms with Crippen LogP contribution >= 0.6 is 35.7 Å². The molecular weight excluding hydrogens is 557 g/mol. The summed E-state index contributed by atoms with van der Waals surface area (Å²) in [6.45, 7) is -1.03. The molecule has 2 heterocycles. The van der Waals surface area contributed by atoms with E-state index in [0.717, 1.165) is 4.57 Å². The maximum Gasteiger partial charge on any atom is 0.490 e. The molecular formula is C15H19N2O14P3S. The Morgan fingerprint density at radius 1 is 1.00 bits per heavy atom. The molecule has 35 heavy (non-hydrogen) atoms. The van der Waals surface area contributed by atoms with Gasteiger partial charge in [0.15, 0.2) is 6.23 Å². The van der Waals surface area contributed by atoms with Crippen LogP contribution in [0.2, 0.25) is 0 Å². The summed E-state index contributed by atoms with van der Waals surface area (Å²) >= 11 is 5.17. The van der Waals surface area contributed by atoms with E-state index in [-0.39, 0.29) is 4.64 Å². The van der Waals surface area contributed by atoms with Gasteiger partial charge >= 0.3 is 29.2 Å². The summed E-state index contributed by atoms with van der Waals surface area (Å²) in [5, 5.41) is 20.7. The molecule has 0 radical (unpaired) electrons. The first kappa shape index (κ1) is 28.2. The number of H-pyrrole nitrogens is 1. The molecule has 0 bridgehead atoms. The van der Waals surface area contributed by atoms with E-state index >= 15 is 0 Å². The van der Waals surface area contributed by atoms with Gasteiger partial charge in [-0.15, -0.1) is 0 Å². The van der Waals surface area contributed by atoms with Gasteiger partial charge in [-0.25, -0.2) is 18.5 Å². The molecule has 2 aromatic rings. The van der Waals surface area contributed by atoms with Crippen molar-refractivity contribution >= 4 is 35.7 Å². The van der Waals surface area contributed by atoms with Gasteiger partial charge in [-0.05, 0) is 5.56 Å². The third-order valence-corrected chi connectivity index (χ3v) is 8.61. The molecule has 1 fully saturated rings. The Morgan fingerprint density at radius 2 is 1.63 bits per heavy atom. The molecule has 6 atom stereocenters. The Kier molecular flexibility index (Phi) is 8.49. The highest BCUT2D eigenvalue weighted by Crippen LogP contribution is 2.66. The fourth-order valence-electron chi connectivity index (χ4n) is 3.07. The van der Waals surface area contributed by atoms with E-state index in [1.807, 2.05) is 0 Å². The van der Waals surface area contributed by atoms with Gasteiger partial charge in [0.05, 0.1) is 6.61 Å². The quantitative estimate of drug-likeness (QED) is 0.159. The number of aromatic amines is 1. The smallest absolute Gasteiger partial charge is 0.387 e. The third kappa shape index (κ3) is 7.32. The molecule has 0 amide bonds. The summed E-state index contributed by atoms with van der Waals surface area (Å²) in [6.07, 6.45) is -5.31. The number of nitrogens with one attached hydrogen (secondary N) is 1. The summed E-state index contributed by atoms with van der Waals surface area (Å²) in [7, 11) is -16.8. The molecule has 4 unspecified atom stereocenters. The lowest BCUT2D eigenvalue weighted by molar-refractivity contribution is -0.0541. The van der Waals surface area contributed by atoms with E-state index < -0.39 is 60.3 Å². The van der Waals surface area contributed by atoms with Crippen LogP contribution in [0.3, 0.4) is 0 Å². The van der Waals surface area contributed by atoms with Crippen molar-refractivity contribution in [3.05, 3.63) is 51.7 Å². The van der Waals surface area contributed by atoms with E-state index in [1.165, 1.54) is 6.20 Å². The Morgan fingerprint density at radius 3 is 2.23 bits per heavy atom. The van der Waals surface area contributed by atoms with Crippen molar-refractivity contribution in [1.29, 1.82) is 0 Å². The molecule has 0 saturated carbocycles. The zero-order chi connectivity index (χ0) is 26.2. The minimum atomic E-state index is -5.74. The minimum Gasteiger partial charge on any atom is -0.387 e. The number of phosphoric acid groups is 3. The summed E-state index contributed by atoms with van der Waals surface area (Å²) < 4.78 is 51.9. The lowest BCUT2D eigenvalue weighted by Gasteiger charge is -2.19. The lowest BCUT2D eigenvalue weighted by Crippen LogP contribution is -2.36. The fraction of sp³-hybridized carbons (Fsp3) is 0.333. The van der Waals surface area contributed by atoms with E-state index in [9.17, 15) is 38.5 Å². The number of aliphatic hydroxyl groups excluding tert-OH is 2. The van der Waals surface area contributed by atoms with Crippen LogP contribution in [0, 0.1) is 4.64 Å². The monoisotopic (exact) mass is 576 g/mol. The van der Waals surface area contributed by atoms with Crippen LogP contribution in [-0.4, -0.2) is 64.3 Å². The van der Waals surface area contributed by atoms with Gasteiger partial charge in [0, 0.05) is 11.8 Å². The van der Waals surface area contributed by atoms with E-state index in [4.69, 9.17) is 26.7 Å². The number of aromatic nitrogens is 2. The second-order valence-electron chi connectivity index (χ2n) is 7.01. The van der Waals surface area contributed by atoms with Crippen molar-refractivity contribution in [3.8, 4) is 11.1 Å². The van der Waals surface area contributed by atoms with E-state index in [1.54, 1.807) is 30.3 Å². The zero-order valence-electron chi connectivity index (χ0n) is 17.1. The summed E-state index contributed by atoms with van der Waals surface area (Å²) in [5.74, 6) is 0. The van der Waals surface area contributed by atoms with Crippen LogP contribution in [0.15, 0.2) is 41.3 Å². The van der Waals surface area contributed by atoms with Gasteiger partial charge in [0.1, 0.15) is 23.0 Å². The van der Waals surface area contributed by atoms with Crippen molar-refractivity contribution in [1.82, 2.24) is 9.55 Å². The second kappa shape index (κ2) is 10.5. The number of aliphatic hydroxyl groups is 2. The van der Waals surface area contributed by atoms with Crippen molar-refractivity contribution in [3.63, 3.8) is 0 Å².